The van der Waals surface area contributed by atoms with E-state index in [-0.39, 0.29) is 34.8 Å². The quantitative estimate of drug-likeness (QED) is 0.229. The molecule has 2 heterocycles. The van der Waals surface area contributed by atoms with E-state index in [2.05, 4.69) is 0 Å². The fraction of sp³-hybridized carbons (Fsp3) is 0.385. The lowest BCUT2D eigenvalue weighted by molar-refractivity contribution is -0.301. The molecule has 1 aliphatic heterocycles. The maximum absolute atomic E-state index is 12.7. The van der Waals surface area contributed by atoms with Crippen LogP contribution in [0.15, 0.2) is 51.7 Å². The van der Waals surface area contributed by atoms with Crippen LogP contribution in [0, 0.1) is 0 Å². The van der Waals surface area contributed by atoms with E-state index in [9.17, 15) is 35.1 Å². The third kappa shape index (κ3) is 5.25. The first-order chi connectivity index (χ1) is 17.5. The lowest BCUT2D eigenvalue weighted by Gasteiger charge is -2.45. The predicted octanol–water partition coefficient (Wildman–Crippen LogP) is 1.79. The Labute approximate surface area is 211 Å². The molecule has 1 aliphatic rings. The van der Waals surface area contributed by atoms with Gasteiger partial charge in [0.1, 0.15) is 51.8 Å². The van der Waals surface area contributed by atoms with Crippen molar-refractivity contribution in [3.8, 4) is 28.6 Å². The number of fused-ring (bicyclic) bond motifs is 1. The van der Waals surface area contributed by atoms with Gasteiger partial charge >= 0.3 is 5.97 Å². The molecule has 0 radical (unpaired) electrons. The molecular weight excluding hydrogens is 488 g/mol. The van der Waals surface area contributed by atoms with Gasteiger partial charge in [-0.25, -0.2) is 4.79 Å². The van der Waals surface area contributed by atoms with Gasteiger partial charge in [-0.2, -0.15) is 0 Å². The van der Waals surface area contributed by atoms with E-state index < -0.39 is 47.4 Å². The van der Waals surface area contributed by atoms with E-state index in [0.717, 1.165) is 19.4 Å². The molecule has 0 spiro atoms. The maximum Gasteiger partial charge on any atom is 0.338 e. The first kappa shape index (κ1) is 26.4. The number of aliphatic hydroxyl groups excluding tert-OH is 2. The summed E-state index contributed by atoms with van der Waals surface area (Å²) in [4.78, 5) is 25.2. The SMILES string of the molecule is CCCCOC(=O)[C@H]1O[C@@H](Oc2cc(O)c3c(=O)cc(-c4ccc(O)cc4)oc3c2)[C@H](O)[C@@H](O)[C@]1(C)O. The van der Waals surface area contributed by atoms with Crippen molar-refractivity contribution in [2.45, 2.75) is 56.9 Å². The van der Waals surface area contributed by atoms with Gasteiger partial charge in [0.15, 0.2) is 11.5 Å². The Balaban J connectivity index is 1.65. The molecule has 0 saturated carbocycles. The molecule has 1 fully saturated rings. The number of phenols is 2. The molecule has 2 aromatic carbocycles. The van der Waals surface area contributed by atoms with Gasteiger partial charge in [0.05, 0.1) is 6.61 Å². The minimum absolute atomic E-state index is 0.0278. The molecule has 0 amide bonds. The standard InChI is InChI=1S/C26H28O11/c1-3-4-9-34-24(32)23-26(2,33)22(31)21(30)25(37-23)35-15-10-16(28)20-17(29)12-18(36-19(20)11-15)13-5-7-14(27)8-6-13/h5-8,10-12,21-23,25,27-28,30-31,33H,3-4,9H2,1-2H3/t21-,22-,23-,25-,26+/m1/s1. The molecular formula is C26H28O11. The van der Waals surface area contributed by atoms with E-state index >= 15 is 0 Å². The van der Waals surface area contributed by atoms with Gasteiger partial charge in [-0.05, 0) is 37.6 Å². The second-order valence-corrected chi connectivity index (χ2v) is 9.02. The smallest absolute Gasteiger partial charge is 0.338 e. The fourth-order valence-corrected chi connectivity index (χ4v) is 4.00. The summed E-state index contributed by atoms with van der Waals surface area (Å²) in [6.07, 6.45) is -5.62. The summed E-state index contributed by atoms with van der Waals surface area (Å²) < 4.78 is 22.0. The Kier molecular flexibility index (Phi) is 7.42. The number of aliphatic hydroxyl groups is 3. The summed E-state index contributed by atoms with van der Waals surface area (Å²) in [6, 6.07) is 9.46. The molecule has 1 aromatic heterocycles. The predicted molar refractivity (Wildman–Crippen MR) is 129 cm³/mol. The zero-order chi connectivity index (χ0) is 26.9. The van der Waals surface area contributed by atoms with Crippen molar-refractivity contribution in [1.29, 1.82) is 0 Å². The number of carbonyl (C=O) groups is 1. The molecule has 5 atom stereocenters. The highest BCUT2D eigenvalue weighted by Gasteiger charge is 2.56. The number of unbranched alkanes of at least 4 members (excludes halogenated alkanes) is 1. The van der Waals surface area contributed by atoms with E-state index in [4.69, 9.17) is 18.6 Å². The van der Waals surface area contributed by atoms with Crippen LogP contribution in [0.3, 0.4) is 0 Å². The first-order valence-corrected chi connectivity index (χ1v) is 11.7. The summed E-state index contributed by atoms with van der Waals surface area (Å²) in [7, 11) is 0. The second kappa shape index (κ2) is 10.4. The maximum atomic E-state index is 12.7. The fourth-order valence-electron chi connectivity index (χ4n) is 4.00. The van der Waals surface area contributed by atoms with Gasteiger partial charge < -0.3 is 44.2 Å². The van der Waals surface area contributed by atoms with Crippen LogP contribution in [0.2, 0.25) is 0 Å². The van der Waals surface area contributed by atoms with Crippen LogP contribution in [-0.2, 0) is 14.3 Å². The van der Waals surface area contributed by atoms with Gasteiger partial charge in [0.25, 0.3) is 0 Å². The Morgan fingerprint density at radius 2 is 1.81 bits per heavy atom. The molecule has 198 valence electrons. The number of esters is 1. The lowest BCUT2D eigenvalue weighted by atomic mass is 9.86. The second-order valence-electron chi connectivity index (χ2n) is 9.02. The van der Waals surface area contributed by atoms with Crippen LogP contribution in [-0.4, -0.2) is 68.3 Å². The van der Waals surface area contributed by atoms with Crippen molar-refractivity contribution in [1.82, 2.24) is 0 Å². The van der Waals surface area contributed by atoms with Crippen LogP contribution in [0.25, 0.3) is 22.3 Å². The van der Waals surface area contributed by atoms with Gasteiger partial charge in [-0.1, -0.05) is 13.3 Å². The molecule has 4 rings (SSSR count). The third-order valence-electron chi connectivity index (χ3n) is 6.15. The van der Waals surface area contributed by atoms with Crippen molar-refractivity contribution < 1.29 is 49.0 Å². The van der Waals surface area contributed by atoms with Gasteiger partial charge in [-0.15, -0.1) is 0 Å². The van der Waals surface area contributed by atoms with Crippen molar-refractivity contribution in [3.63, 3.8) is 0 Å². The number of carbonyl (C=O) groups excluding carboxylic acids is 1. The minimum atomic E-state index is -2.18. The normalized spacial score (nSPS) is 25.6. The first-order valence-electron chi connectivity index (χ1n) is 11.7. The number of phenolic OH excluding ortho intramolecular Hbond substituents is 2. The van der Waals surface area contributed by atoms with Crippen LogP contribution < -0.4 is 10.2 Å². The summed E-state index contributed by atoms with van der Waals surface area (Å²) in [5.74, 6) is -1.35. The molecule has 37 heavy (non-hydrogen) atoms. The summed E-state index contributed by atoms with van der Waals surface area (Å²) in [5.41, 5.74) is -2.29. The zero-order valence-electron chi connectivity index (χ0n) is 20.2. The lowest BCUT2D eigenvalue weighted by Crippen LogP contribution is -2.67. The average Bonchev–Trinajstić information content (AvgIpc) is 2.84. The summed E-state index contributed by atoms with van der Waals surface area (Å²) in [6.45, 7) is 3.11. The van der Waals surface area contributed by atoms with Crippen LogP contribution >= 0.6 is 0 Å². The molecule has 5 N–H and O–H groups in total. The largest absolute Gasteiger partial charge is 0.508 e. The Morgan fingerprint density at radius 1 is 1.11 bits per heavy atom. The van der Waals surface area contributed by atoms with Crippen molar-refractivity contribution >= 4 is 16.9 Å². The third-order valence-corrected chi connectivity index (χ3v) is 6.15. The molecule has 11 heteroatoms. The molecule has 11 nitrogen and oxygen atoms in total. The van der Waals surface area contributed by atoms with Gasteiger partial charge in [0, 0.05) is 23.8 Å². The topological polar surface area (TPSA) is 176 Å². The van der Waals surface area contributed by atoms with Crippen molar-refractivity contribution in [2.75, 3.05) is 6.61 Å². The van der Waals surface area contributed by atoms with Crippen LogP contribution in [0.5, 0.6) is 17.2 Å². The molecule has 0 aliphatic carbocycles. The van der Waals surface area contributed by atoms with Gasteiger partial charge in [0.2, 0.25) is 6.29 Å². The van der Waals surface area contributed by atoms with Gasteiger partial charge in [-0.3, -0.25) is 4.79 Å². The Hall–Kier alpha value is -3.64. The van der Waals surface area contributed by atoms with Crippen LogP contribution in [0.1, 0.15) is 26.7 Å². The minimum Gasteiger partial charge on any atom is -0.508 e. The molecule has 0 bridgehead atoms. The Morgan fingerprint density at radius 3 is 2.49 bits per heavy atom. The monoisotopic (exact) mass is 516 g/mol. The highest BCUT2D eigenvalue weighted by Crippen LogP contribution is 2.35. The van der Waals surface area contributed by atoms with E-state index in [1.165, 1.54) is 24.3 Å². The number of hydrogen-bond acceptors (Lipinski definition) is 11. The summed E-state index contributed by atoms with van der Waals surface area (Å²) in [5, 5.41) is 51.5. The average molecular weight is 516 g/mol. The number of hydrogen-bond donors (Lipinski definition) is 5. The number of rotatable bonds is 7. The Bertz CT molecular complexity index is 1330. The van der Waals surface area contributed by atoms with E-state index in [1.807, 2.05) is 6.92 Å². The van der Waals surface area contributed by atoms with E-state index in [1.54, 1.807) is 12.1 Å². The molecule has 0 unspecified atom stereocenters. The van der Waals surface area contributed by atoms with Crippen molar-refractivity contribution in [2.24, 2.45) is 0 Å². The van der Waals surface area contributed by atoms with Crippen LogP contribution in [0.4, 0.5) is 0 Å². The number of ether oxygens (including phenoxy) is 3. The van der Waals surface area contributed by atoms with E-state index in [0.29, 0.717) is 12.0 Å². The summed E-state index contributed by atoms with van der Waals surface area (Å²) >= 11 is 0. The highest BCUT2D eigenvalue weighted by molar-refractivity contribution is 5.86. The zero-order valence-corrected chi connectivity index (χ0v) is 20.2. The number of benzene rings is 2. The molecule has 3 aromatic rings. The van der Waals surface area contributed by atoms with Crippen molar-refractivity contribution in [3.05, 3.63) is 52.7 Å². The highest BCUT2D eigenvalue weighted by atomic mass is 16.7. The molecule has 1 saturated heterocycles. The number of aromatic hydroxyl groups is 2.